The summed E-state index contributed by atoms with van der Waals surface area (Å²) in [4.78, 5) is 9.78. The average Bonchev–Trinajstić information content (AvgIpc) is 2.45. The molecule has 0 saturated carbocycles. The molecule has 1 aliphatic rings. The van der Waals surface area contributed by atoms with Gasteiger partial charge >= 0.3 is 0 Å². The molecule has 0 bridgehead atoms. The van der Waals surface area contributed by atoms with Crippen LogP contribution in [0.15, 0.2) is 74.3 Å². The third kappa shape index (κ3) is 1.55. The normalized spacial score (nSPS) is 13.1. The zero-order valence-electron chi connectivity index (χ0n) is 9.46. The van der Waals surface area contributed by atoms with Crippen LogP contribution in [-0.2, 0) is 0 Å². The van der Waals surface area contributed by atoms with E-state index < -0.39 is 0 Å². The smallest absolute Gasteiger partial charge is 0.0714 e. The van der Waals surface area contributed by atoms with Crippen LogP contribution in [0.1, 0.15) is 0 Å². The Balaban J connectivity index is 1.98. The van der Waals surface area contributed by atoms with Crippen molar-refractivity contribution in [1.82, 2.24) is 4.98 Å². The number of rotatable bonds is 0. The van der Waals surface area contributed by atoms with Crippen LogP contribution in [0.5, 0.6) is 0 Å². The van der Waals surface area contributed by atoms with Gasteiger partial charge in [-0.25, -0.2) is 0 Å². The first-order valence-corrected chi connectivity index (χ1v) is 7.37. The van der Waals surface area contributed by atoms with Crippen molar-refractivity contribution in [2.24, 2.45) is 0 Å². The molecule has 2 aromatic carbocycles. The van der Waals surface area contributed by atoms with Crippen LogP contribution in [0.2, 0.25) is 0 Å². The Morgan fingerprint density at radius 3 is 2.44 bits per heavy atom. The van der Waals surface area contributed by atoms with Crippen molar-refractivity contribution in [2.45, 2.75) is 19.6 Å². The van der Waals surface area contributed by atoms with Crippen molar-refractivity contribution in [3.05, 3.63) is 54.7 Å². The van der Waals surface area contributed by atoms with E-state index in [9.17, 15) is 0 Å². The number of hydrogen-bond acceptors (Lipinski definition) is 3. The summed E-state index contributed by atoms with van der Waals surface area (Å²) in [7, 11) is 0. The first kappa shape index (κ1) is 10.5. The van der Waals surface area contributed by atoms with E-state index in [2.05, 4.69) is 47.4 Å². The van der Waals surface area contributed by atoms with Crippen LogP contribution in [0.4, 0.5) is 0 Å². The Hall–Kier alpha value is -1.45. The molecular weight excluding hydrogens is 258 g/mol. The maximum Gasteiger partial charge on any atom is 0.0714 e. The summed E-state index contributed by atoms with van der Waals surface area (Å²) in [5.74, 6) is 0. The average molecular weight is 267 g/mol. The molecule has 0 atom stereocenters. The van der Waals surface area contributed by atoms with E-state index in [1.807, 2.05) is 35.8 Å². The van der Waals surface area contributed by atoms with Gasteiger partial charge in [-0.2, -0.15) is 0 Å². The van der Waals surface area contributed by atoms with Crippen molar-refractivity contribution >= 4 is 34.4 Å². The highest BCUT2D eigenvalue weighted by Crippen LogP contribution is 2.50. The molecule has 2 heterocycles. The van der Waals surface area contributed by atoms with Gasteiger partial charge in [0, 0.05) is 31.2 Å². The van der Waals surface area contributed by atoms with Crippen LogP contribution >= 0.6 is 23.5 Å². The van der Waals surface area contributed by atoms with Crippen molar-refractivity contribution in [3.63, 3.8) is 0 Å². The van der Waals surface area contributed by atoms with E-state index in [0.29, 0.717) is 0 Å². The molecule has 0 fully saturated rings. The molecule has 0 spiro atoms. The highest BCUT2D eigenvalue weighted by molar-refractivity contribution is 8.05. The molecule has 0 aliphatic carbocycles. The lowest BCUT2D eigenvalue weighted by Gasteiger charge is -2.19. The van der Waals surface area contributed by atoms with Crippen molar-refractivity contribution in [1.29, 1.82) is 0 Å². The maximum atomic E-state index is 4.42. The minimum atomic E-state index is 1.07. The Morgan fingerprint density at radius 2 is 1.56 bits per heavy atom. The fraction of sp³-hybridized carbons (Fsp3) is 0. The molecule has 3 aromatic rings. The number of aromatic nitrogens is 1. The van der Waals surface area contributed by atoms with Gasteiger partial charge in [0.2, 0.25) is 0 Å². The van der Waals surface area contributed by atoms with Gasteiger partial charge in [0.05, 0.1) is 5.52 Å². The standard InChI is InChI=1S/C15H9NS2/c1-2-6-13-12(5-1)17-14-8-7-11-10(15(14)18-13)4-3-9-16-11/h1-9H. The molecule has 0 N–H and O–H groups in total. The highest BCUT2D eigenvalue weighted by atomic mass is 32.2. The molecule has 0 radical (unpaired) electrons. The third-order valence-electron chi connectivity index (χ3n) is 2.98. The van der Waals surface area contributed by atoms with E-state index in [1.54, 1.807) is 0 Å². The Labute approximate surface area is 114 Å². The van der Waals surface area contributed by atoms with Gasteiger partial charge in [0.25, 0.3) is 0 Å². The van der Waals surface area contributed by atoms with Crippen LogP contribution in [0.25, 0.3) is 10.9 Å². The fourth-order valence-electron chi connectivity index (χ4n) is 2.14. The zero-order chi connectivity index (χ0) is 11.9. The summed E-state index contributed by atoms with van der Waals surface area (Å²) >= 11 is 3.70. The number of hydrogen-bond donors (Lipinski definition) is 0. The van der Waals surface area contributed by atoms with Crippen molar-refractivity contribution in [3.8, 4) is 0 Å². The molecule has 1 aromatic heterocycles. The topological polar surface area (TPSA) is 12.9 Å². The van der Waals surface area contributed by atoms with E-state index in [0.717, 1.165) is 5.52 Å². The molecule has 1 aliphatic heterocycles. The minimum absolute atomic E-state index is 1.07. The third-order valence-corrected chi connectivity index (χ3v) is 5.59. The second kappa shape index (κ2) is 4.04. The summed E-state index contributed by atoms with van der Waals surface area (Å²) < 4.78 is 0. The van der Waals surface area contributed by atoms with E-state index >= 15 is 0 Å². The van der Waals surface area contributed by atoms with Gasteiger partial charge in [-0.3, -0.25) is 4.98 Å². The van der Waals surface area contributed by atoms with Crippen LogP contribution < -0.4 is 0 Å². The number of pyridine rings is 1. The SMILES string of the molecule is c1ccc2c(c1)Sc1ccc3ncccc3c1S2. The molecule has 18 heavy (non-hydrogen) atoms. The second-order valence-electron chi connectivity index (χ2n) is 4.11. The van der Waals surface area contributed by atoms with Gasteiger partial charge in [-0.1, -0.05) is 41.7 Å². The zero-order valence-corrected chi connectivity index (χ0v) is 11.1. The highest BCUT2D eigenvalue weighted by Gasteiger charge is 2.18. The lowest BCUT2D eigenvalue weighted by molar-refractivity contribution is 1.17. The van der Waals surface area contributed by atoms with Crippen LogP contribution in [-0.4, -0.2) is 4.98 Å². The molecular formula is C15H9NS2. The summed E-state index contributed by atoms with van der Waals surface area (Å²) in [6, 6.07) is 17.0. The Morgan fingerprint density at radius 1 is 0.722 bits per heavy atom. The summed E-state index contributed by atoms with van der Waals surface area (Å²) in [6.45, 7) is 0. The number of fused-ring (bicyclic) bond motifs is 4. The van der Waals surface area contributed by atoms with Gasteiger partial charge in [0.1, 0.15) is 0 Å². The van der Waals surface area contributed by atoms with E-state index in [-0.39, 0.29) is 0 Å². The quantitative estimate of drug-likeness (QED) is 0.452. The minimum Gasteiger partial charge on any atom is -0.256 e. The van der Waals surface area contributed by atoms with Gasteiger partial charge in [-0.15, -0.1) is 0 Å². The lowest BCUT2D eigenvalue weighted by Crippen LogP contribution is -1.91. The molecule has 0 amide bonds. The number of nitrogens with zero attached hydrogens (tertiary/aromatic N) is 1. The van der Waals surface area contributed by atoms with Crippen molar-refractivity contribution in [2.75, 3.05) is 0 Å². The van der Waals surface area contributed by atoms with Gasteiger partial charge < -0.3 is 0 Å². The molecule has 0 saturated heterocycles. The maximum absolute atomic E-state index is 4.42. The fourth-order valence-corrected chi connectivity index (χ4v) is 4.52. The summed E-state index contributed by atoms with van der Waals surface area (Å²) in [5.41, 5.74) is 1.07. The predicted octanol–water partition coefficient (Wildman–Crippen LogP) is 4.85. The summed E-state index contributed by atoms with van der Waals surface area (Å²) in [5, 5.41) is 1.25. The van der Waals surface area contributed by atoms with Crippen LogP contribution in [0.3, 0.4) is 0 Å². The molecule has 0 unspecified atom stereocenters. The Bertz CT molecular complexity index is 752. The first-order valence-electron chi connectivity index (χ1n) is 5.74. The molecule has 4 rings (SSSR count). The van der Waals surface area contributed by atoms with Crippen molar-refractivity contribution < 1.29 is 0 Å². The Kier molecular flexibility index (Phi) is 2.35. The predicted molar refractivity (Wildman–Crippen MR) is 76.4 cm³/mol. The van der Waals surface area contributed by atoms with Gasteiger partial charge in [-0.05, 0) is 30.3 Å². The monoisotopic (exact) mass is 267 g/mol. The van der Waals surface area contributed by atoms with Gasteiger partial charge in [0.15, 0.2) is 0 Å². The van der Waals surface area contributed by atoms with E-state index in [4.69, 9.17) is 0 Å². The molecule has 86 valence electrons. The second-order valence-corrected chi connectivity index (χ2v) is 6.25. The van der Waals surface area contributed by atoms with E-state index in [1.165, 1.54) is 25.0 Å². The van der Waals surface area contributed by atoms with Crippen LogP contribution in [0, 0.1) is 0 Å². The number of benzene rings is 2. The summed E-state index contributed by atoms with van der Waals surface area (Å²) in [6.07, 6.45) is 1.85. The molecule has 3 heteroatoms. The molecule has 1 nitrogen and oxygen atoms in total. The first-order chi connectivity index (χ1) is 8.92. The lowest BCUT2D eigenvalue weighted by atomic mass is 10.2. The largest absolute Gasteiger partial charge is 0.256 e.